The Kier molecular flexibility index (Phi) is 3.74. The topological polar surface area (TPSA) is 25.8 Å². The molecule has 0 aliphatic rings. The van der Waals surface area contributed by atoms with Crippen molar-refractivity contribution in [1.29, 1.82) is 0 Å². The number of aryl methyl sites for hydroxylation is 1. The van der Waals surface area contributed by atoms with E-state index in [4.69, 9.17) is 23.2 Å². The smallest absolute Gasteiger partial charge is 0.125 e. The van der Waals surface area contributed by atoms with E-state index >= 15 is 0 Å². The molecule has 0 spiro atoms. The van der Waals surface area contributed by atoms with Crippen molar-refractivity contribution in [2.24, 2.45) is 0 Å². The third kappa shape index (κ3) is 2.57. The third-order valence-electron chi connectivity index (χ3n) is 2.98. The number of thiazole rings is 1. The van der Waals surface area contributed by atoms with E-state index in [1.165, 1.54) is 0 Å². The molecular formula is C15H10Cl2N2S. The fourth-order valence-corrected chi connectivity index (χ4v) is 3.31. The largest absolute Gasteiger partial charge is 0.264 e. The molecule has 0 aliphatic carbocycles. The molecule has 5 heteroatoms. The van der Waals surface area contributed by atoms with Crippen molar-refractivity contribution in [2.45, 2.75) is 6.92 Å². The van der Waals surface area contributed by atoms with Gasteiger partial charge in [-0.25, -0.2) is 4.98 Å². The fraction of sp³-hybridized carbons (Fsp3) is 0.0667. The Balaban J connectivity index is 2.04. The van der Waals surface area contributed by atoms with Crippen LogP contribution in [0.5, 0.6) is 0 Å². The van der Waals surface area contributed by atoms with Crippen LogP contribution in [0, 0.1) is 6.92 Å². The Morgan fingerprint density at radius 1 is 1.10 bits per heavy atom. The van der Waals surface area contributed by atoms with Crippen LogP contribution in [0.3, 0.4) is 0 Å². The van der Waals surface area contributed by atoms with Crippen molar-refractivity contribution < 1.29 is 0 Å². The molecule has 2 nitrogen and oxygen atoms in total. The first-order valence-corrected chi connectivity index (χ1v) is 7.60. The van der Waals surface area contributed by atoms with E-state index < -0.39 is 0 Å². The Morgan fingerprint density at radius 2 is 1.95 bits per heavy atom. The van der Waals surface area contributed by atoms with E-state index in [9.17, 15) is 0 Å². The molecule has 0 saturated carbocycles. The molecule has 0 atom stereocenters. The van der Waals surface area contributed by atoms with Gasteiger partial charge in [-0.1, -0.05) is 23.2 Å². The molecule has 0 unspecified atom stereocenters. The summed E-state index contributed by atoms with van der Waals surface area (Å²) >= 11 is 13.7. The normalized spacial score (nSPS) is 10.8. The second kappa shape index (κ2) is 5.52. The Hall–Kier alpha value is -1.42. The third-order valence-corrected chi connectivity index (χ3v) is 4.40. The summed E-state index contributed by atoms with van der Waals surface area (Å²) in [6, 6.07) is 7.41. The van der Waals surface area contributed by atoms with Crippen molar-refractivity contribution >= 4 is 34.5 Å². The van der Waals surface area contributed by atoms with Crippen LogP contribution < -0.4 is 0 Å². The van der Waals surface area contributed by atoms with E-state index in [0.717, 1.165) is 27.4 Å². The minimum absolute atomic E-state index is 0.609. The molecule has 0 radical (unpaired) electrons. The quantitative estimate of drug-likeness (QED) is 0.624. The molecule has 3 aromatic rings. The van der Waals surface area contributed by atoms with Gasteiger partial charge in [0.2, 0.25) is 0 Å². The first-order valence-electron chi connectivity index (χ1n) is 5.97. The summed E-state index contributed by atoms with van der Waals surface area (Å²) in [5.74, 6) is 0. The number of hydrogen-bond donors (Lipinski definition) is 0. The van der Waals surface area contributed by atoms with Crippen LogP contribution in [0.15, 0.2) is 42.0 Å². The summed E-state index contributed by atoms with van der Waals surface area (Å²) in [7, 11) is 0. The molecule has 2 aromatic heterocycles. The van der Waals surface area contributed by atoms with Gasteiger partial charge in [0.05, 0.1) is 10.7 Å². The highest BCUT2D eigenvalue weighted by atomic mass is 35.5. The lowest BCUT2D eigenvalue weighted by Gasteiger charge is -2.02. The Labute approximate surface area is 131 Å². The van der Waals surface area contributed by atoms with Crippen LogP contribution in [-0.2, 0) is 0 Å². The minimum atomic E-state index is 0.609. The zero-order chi connectivity index (χ0) is 14.1. The summed E-state index contributed by atoms with van der Waals surface area (Å²) in [5.41, 5.74) is 3.95. The van der Waals surface area contributed by atoms with E-state index in [1.807, 2.05) is 36.7 Å². The lowest BCUT2D eigenvalue weighted by molar-refractivity contribution is 1.27. The molecular weight excluding hydrogens is 311 g/mol. The van der Waals surface area contributed by atoms with Crippen LogP contribution in [-0.4, -0.2) is 9.97 Å². The van der Waals surface area contributed by atoms with E-state index in [1.54, 1.807) is 23.6 Å². The summed E-state index contributed by atoms with van der Waals surface area (Å²) in [6.07, 6.45) is 3.62. The maximum Gasteiger partial charge on any atom is 0.125 e. The zero-order valence-corrected chi connectivity index (χ0v) is 12.9. The standard InChI is InChI=1S/C15H10Cl2N2S/c1-9-4-5-18-7-12(9)15-19-14(8-20-15)11-3-2-10(16)6-13(11)17/h2-8H,1H3. The maximum absolute atomic E-state index is 6.22. The molecule has 0 fully saturated rings. The van der Waals surface area contributed by atoms with Gasteiger partial charge >= 0.3 is 0 Å². The highest BCUT2D eigenvalue weighted by molar-refractivity contribution is 7.13. The first kappa shape index (κ1) is 13.6. The molecule has 0 saturated heterocycles. The molecule has 0 N–H and O–H groups in total. The van der Waals surface area contributed by atoms with E-state index in [0.29, 0.717) is 10.0 Å². The number of rotatable bonds is 2. The average Bonchev–Trinajstić information content (AvgIpc) is 2.88. The summed E-state index contributed by atoms with van der Waals surface area (Å²) < 4.78 is 0. The van der Waals surface area contributed by atoms with Crippen molar-refractivity contribution in [3.63, 3.8) is 0 Å². The van der Waals surface area contributed by atoms with Crippen LogP contribution in [0.25, 0.3) is 21.8 Å². The number of pyridine rings is 1. The number of benzene rings is 1. The van der Waals surface area contributed by atoms with Gasteiger partial charge in [0.25, 0.3) is 0 Å². The molecule has 1 aromatic carbocycles. The van der Waals surface area contributed by atoms with Gasteiger partial charge in [-0.15, -0.1) is 11.3 Å². The average molecular weight is 321 g/mol. The molecule has 20 heavy (non-hydrogen) atoms. The number of hydrogen-bond acceptors (Lipinski definition) is 3. The van der Waals surface area contributed by atoms with Gasteiger partial charge in [-0.3, -0.25) is 4.98 Å². The minimum Gasteiger partial charge on any atom is -0.264 e. The Morgan fingerprint density at radius 3 is 2.70 bits per heavy atom. The zero-order valence-electron chi connectivity index (χ0n) is 10.6. The summed E-state index contributed by atoms with van der Waals surface area (Å²) in [6.45, 7) is 2.05. The number of halogens is 2. The van der Waals surface area contributed by atoms with Gasteiger partial charge < -0.3 is 0 Å². The summed E-state index contributed by atoms with van der Waals surface area (Å²) in [4.78, 5) is 8.81. The van der Waals surface area contributed by atoms with Crippen molar-refractivity contribution in [3.05, 3.63) is 57.6 Å². The fourth-order valence-electron chi connectivity index (χ4n) is 1.91. The van der Waals surface area contributed by atoms with Crippen molar-refractivity contribution in [2.75, 3.05) is 0 Å². The van der Waals surface area contributed by atoms with E-state index in [2.05, 4.69) is 9.97 Å². The monoisotopic (exact) mass is 320 g/mol. The van der Waals surface area contributed by atoms with Crippen molar-refractivity contribution in [3.8, 4) is 21.8 Å². The van der Waals surface area contributed by atoms with E-state index in [-0.39, 0.29) is 0 Å². The molecule has 100 valence electrons. The molecule has 3 rings (SSSR count). The molecule has 0 bridgehead atoms. The van der Waals surface area contributed by atoms with Crippen LogP contribution in [0.4, 0.5) is 0 Å². The van der Waals surface area contributed by atoms with Crippen molar-refractivity contribution in [1.82, 2.24) is 9.97 Å². The predicted molar refractivity (Wildman–Crippen MR) is 85.5 cm³/mol. The summed E-state index contributed by atoms with van der Waals surface area (Å²) in [5, 5.41) is 4.17. The van der Waals surface area contributed by atoms with Gasteiger partial charge in [0.1, 0.15) is 5.01 Å². The van der Waals surface area contributed by atoms with Gasteiger partial charge in [-0.2, -0.15) is 0 Å². The second-order valence-electron chi connectivity index (χ2n) is 4.35. The Bertz CT molecular complexity index is 768. The maximum atomic E-state index is 6.22. The SMILES string of the molecule is Cc1ccncc1-c1nc(-c2ccc(Cl)cc2Cl)cs1. The highest BCUT2D eigenvalue weighted by Gasteiger charge is 2.11. The number of nitrogens with zero attached hydrogens (tertiary/aromatic N) is 2. The van der Waals surface area contributed by atoms with Crippen LogP contribution in [0.2, 0.25) is 10.0 Å². The molecule has 0 amide bonds. The number of aromatic nitrogens is 2. The molecule has 0 aliphatic heterocycles. The van der Waals surface area contributed by atoms with Gasteiger partial charge in [0, 0.05) is 33.9 Å². The van der Waals surface area contributed by atoms with Crippen LogP contribution >= 0.6 is 34.5 Å². The highest BCUT2D eigenvalue weighted by Crippen LogP contribution is 2.34. The first-order chi connectivity index (χ1) is 9.65. The lowest BCUT2D eigenvalue weighted by atomic mass is 10.1. The van der Waals surface area contributed by atoms with Crippen LogP contribution in [0.1, 0.15) is 5.56 Å². The second-order valence-corrected chi connectivity index (χ2v) is 6.05. The molecule has 2 heterocycles. The van der Waals surface area contributed by atoms with Gasteiger partial charge in [0.15, 0.2) is 0 Å². The van der Waals surface area contributed by atoms with Gasteiger partial charge in [-0.05, 0) is 36.8 Å². The predicted octanol–water partition coefficient (Wildman–Crippen LogP) is 5.49. The lowest BCUT2D eigenvalue weighted by Crippen LogP contribution is -1.85.